The Bertz CT molecular complexity index is 664. The number of rotatable bonds is 3. The summed E-state index contributed by atoms with van der Waals surface area (Å²) < 4.78 is 8.06. The van der Waals surface area contributed by atoms with Crippen LogP contribution in [0.2, 0.25) is 0 Å². The summed E-state index contributed by atoms with van der Waals surface area (Å²) in [6.45, 7) is 20.7. The molecule has 2 rings (SSSR count). The van der Waals surface area contributed by atoms with E-state index in [1.54, 1.807) is 0 Å². The molecule has 27 heavy (non-hydrogen) atoms. The fraction of sp³-hybridized carbons (Fsp3) is 0.565. The first kappa shape index (κ1) is 26.1. The summed E-state index contributed by atoms with van der Waals surface area (Å²) in [6.07, 6.45) is 7.67. The summed E-state index contributed by atoms with van der Waals surface area (Å²) in [5, 5.41) is 0. The maximum Gasteiger partial charge on any atom is -1.00 e. The molecule has 0 amide bonds. The second kappa shape index (κ2) is 9.05. The van der Waals surface area contributed by atoms with Crippen LogP contribution >= 0.6 is 0 Å². The van der Waals surface area contributed by atoms with Gasteiger partial charge >= 0.3 is 165 Å². The van der Waals surface area contributed by atoms with E-state index in [0.717, 1.165) is 12.2 Å². The van der Waals surface area contributed by atoms with E-state index in [2.05, 4.69) is 92.7 Å². The van der Waals surface area contributed by atoms with Crippen molar-refractivity contribution >= 4 is 0 Å². The molecule has 0 saturated carbocycles. The Morgan fingerprint density at radius 1 is 0.778 bits per heavy atom. The van der Waals surface area contributed by atoms with Crippen LogP contribution in [0, 0.1) is 0 Å². The van der Waals surface area contributed by atoms with Crippen LogP contribution in [-0.4, -0.2) is 0 Å². The van der Waals surface area contributed by atoms with Gasteiger partial charge in [0.15, 0.2) is 0 Å². The zero-order valence-electron chi connectivity index (χ0n) is 18.3. The zero-order valence-corrected chi connectivity index (χ0v) is 19.8. The summed E-state index contributed by atoms with van der Waals surface area (Å²) in [6, 6.07) is 4.77. The van der Waals surface area contributed by atoms with Gasteiger partial charge < -0.3 is 9.41 Å². The predicted molar refractivity (Wildman–Crippen MR) is 105 cm³/mol. The van der Waals surface area contributed by atoms with Gasteiger partial charge in [0.05, 0.1) is 0 Å². The monoisotopic (exact) mass is 412 g/mol. The van der Waals surface area contributed by atoms with Crippen LogP contribution in [0.4, 0.5) is 0 Å². The molecule has 0 unspecified atom stereocenters. The maximum absolute atomic E-state index is 6.59. The Balaban J connectivity index is 0.00000338. The number of allylic oxidation sites excluding steroid dienone is 4. The van der Waals surface area contributed by atoms with Gasteiger partial charge in [-0.15, -0.1) is 0 Å². The van der Waals surface area contributed by atoms with E-state index in [0.29, 0.717) is 0 Å². The number of halogens is 2. The molecule has 0 atom stereocenters. The Kier molecular flexibility index (Phi) is 8.74. The summed E-state index contributed by atoms with van der Waals surface area (Å²) in [5.74, 6) is 1.14. The van der Waals surface area contributed by atoms with E-state index >= 15 is 0 Å². The third-order valence-corrected chi connectivity index (χ3v) is 6.09. The number of benzene rings is 1. The second-order valence-corrected chi connectivity index (χ2v) is 11.8. The molecule has 1 aliphatic carbocycles. The van der Waals surface area contributed by atoms with Crippen LogP contribution in [0.3, 0.4) is 0 Å². The largest absolute Gasteiger partial charge is 1.00 e. The summed E-state index contributed by atoms with van der Waals surface area (Å²) >= 11 is -0.578. The molecule has 1 aromatic rings. The van der Waals surface area contributed by atoms with Crippen molar-refractivity contribution in [1.29, 1.82) is 0 Å². The number of hydrogen-bond acceptors (Lipinski definition) is 1. The van der Waals surface area contributed by atoms with Crippen molar-refractivity contribution in [3.05, 3.63) is 50.9 Å². The molecule has 1 nitrogen and oxygen atoms in total. The molecule has 0 bridgehead atoms. The summed E-state index contributed by atoms with van der Waals surface area (Å²) in [4.78, 5) is 0. The van der Waals surface area contributed by atoms with E-state index in [1.807, 2.05) is 0 Å². The first-order valence-corrected chi connectivity index (χ1v) is 10.7. The average molecular weight is 412 g/mol. The first-order chi connectivity index (χ1) is 11.3. The van der Waals surface area contributed by atoms with Crippen LogP contribution in [0.1, 0.15) is 85.4 Å². The second-order valence-electron chi connectivity index (χ2n) is 10.2. The zero-order chi connectivity index (χ0) is 19.0. The van der Waals surface area contributed by atoms with E-state index in [4.69, 9.17) is 3.32 Å². The molecule has 0 N–H and O–H groups in total. The number of hydrogen-bond donors (Lipinski definition) is 0. The van der Waals surface area contributed by atoms with Crippen molar-refractivity contribution in [3.8, 4) is 5.75 Å². The van der Waals surface area contributed by atoms with Crippen molar-refractivity contribution in [3.63, 3.8) is 0 Å². The smallest absolute Gasteiger partial charge is 1.00 e. The topological polar surface area (TPSA) is 9.23 Å². The maximum atomic E-state index is 6.59. The van der Waals surface area contributed by atoms with E-state index < -0.39 is 19.5 Å². The van der Waals surface area contributed by atoms with Crippen molar-refractivity contribution in [1.82, 2.24) is 0 Å². The normalized spacial score (nSPS) is 14.0. The standard InChI is InChI=1S/C18H30O.C5H5.2FH.Ti/c1-16(2,3)12-10-13(17(4,5)6)15(19)14(11-12)18(7,8)9;1-2-4-5-3-1;;;/h10-11,19H,1-9H3;1-3H,4H2;2*1H;/q;;;;+3/p-3. The molecule has 1 aliphatic rings. The Morgan fingerprint density at radius 2 is 1.26 bits per heavy atom. The molecular weight excluding hydrogens is 378 g/mol. The fourth-order valence-electron chi connectivity index (χ4n) is 2.93. The fourth-order valence-corrected chi connectivity index (χ4v) is 4.20. The summed E-state index contributed by atoms with van der Waals surface area (Å²) in [7, 11) is 0. The molecule has 0 fully saturated rings. The molecule has 4 heteroatoms. The molecule has 0 heterocycles. The van der Waals surface area contributed by atoms with Crippen molar-refractivity contribution in [2.75, 3.05) is 0 Å². The van der Waals surface area contributed by atoms with Crippen LogP contribution in [0.15, 0.2) is 34.2 Å². The Hall–Kier alpha value is -0.926. The van der Waals surface area contributed by atoms with Gasteiger partial charge in [-0.05, 0) is 0 Å². The van der Waals surface area contributed by atoms with Gasteiger partial charge in [0.25, 0.3) is 0 Å². The van der Waals surface area contributed by atoms with Crippen molar-refractivity contribution in [2.45, 2.75) is 85.0 Å². The molecule has 0 spiro atoms. The molecule has 0 aliphatic heterocycles. The Labute approximate surface area is 173 Å². The Morgan fingerprint density at radius 3 is 1.59 bits per heavy atom. The first-order valence-electron chi connectivity index (χ1n) is 9.28. The SMILES string of the molecule is CC(C)(C)c1cc(C(C)(C)C)c([O][Ti+2][C]2=CC=CC2)c(C(C)(C)C)c1.[F-].[F-]. The van der Waals surface area contributed by atoms with Crippen LogP contribution in [-0.2, 0) is 35.8 Å². The molecule has 0 saturated heterocycles. The van der Waals surface area contributed by atoms with Gasteiger partial charge in [0.1, 0.15) is 0 Å². The van der Waals surface area contributed by atoms with E-state index in [9.17, 15) is 0 Å². The van der Waals surface area contributed by atoms with Crippen LogP contribution in [0.25, 0.3) is 0 Å². The third kappa shape index (κ3) is 6.57. The van der Waals surface area contributed by atoms with Gasteiger partial charge in [0, 0.05) is 0 Å². The molecular formula is C23H34F2OTi. The minimum absolute atomic E-state index is 0. The van der Waals surface area contributed by atoms with E-state index in [1.165, 1.54) is 20.6 Å². The average Bonchev–Trinajstić information content (AvgIpc) is 2.94. The van der Waals surface area contributed by atoms with Crippen molar-refractivity contribution < 1.29 is 32.3 Å². The van der Waals surface area contributed by atoms with Gasteiger partial charge in [-0.25, -0.2) is 0 Å². The van der Waals surface area contributed by atoms with Gasteiger partial charge in [-0.1, -0.05) is 0 Å². The minimum atomic E-state index is -0.578. The molecule has 0 aromatic heterocycles. The summed E-state index contributed by atoms with van der Waals surface area (Å²) in [5.41, 5.74) is 4.35. The van der Waals surface area contributed by atoms with Crippen LogP contribution < -0.4 is 12.7 Å². The molecule has 0 radical (unpaired) electrons. The molecule has 150 valence electrons. The molecule has 1 aromatic carbocycles. The van der Waals surface area contributed by atoms with Crippen LogP contribution in [0.5, 0.6) is 5.75 Å². The van der Waals surface area contributed by atoms with Gasteiger partial charge in [0.2, 0.25) is 0 Å². The van der Waals surface area contributed by atoms with Gasteiger partial charge in [-0.2, -0.15) is 0 Å². The van der Waals surface area contributed by atoms with Crippen molar-refractivity contribution in [2.24, 2.45) is 0 Å². The predicted octanol–water partition coefficient (Wildman–Crippen LogP) is 0.807. The van der Waals surface area contributed by atoms with Gasteiger partial charge in [-0.3, -0.25) is 0 Å². The van der Waals surface area contributed by atoms with E-state index in [-0.39, 0.29) is 25.7 Å². The third-order valence-electron chi connectivity index (χ3n) is 4.63. The quantitative estimate of drug-likeness (QED) is 0.668. The minimum Gasteiger partial charge on any atom is -1.00 e.